The van der Waals surface area contributed by atoms with E-state index < -0.39 is 45.4 Å². The van der Waals surface area contributed by atoms with Crippen LogP contribution in [-0.2, 0) is 24.4 Å². The van der Waals surface area contributed by atoms with Gasteiger partial charge in [0.05, 0.1) is 30.6 Å². The minimum atomic E-state index is -4.30. The largest absolute Gasteiger partial charge is 0.497 e. The number of benzene rings is 3. The van der Waals surface area contributed by atoms with Crippen molar-refractivity contribution in [2.24, 2.45) is 5.92 Å². The monoisotopic (exact) mass is 751 g/mol. The Morgan fingerprint density at radius 3 is 2.56 bits per heavy atom. The molecular formula is C41H45N5O7S. The van der Waals surface area contributed by atoms with Crippen molar-refractivity contribution in [3.63, 3.8) is 0 Å². The first-order valence-electron chi connectivity index (χ1n) is 18.4. The van der Waals surface area contributed by atoms with E-state index in [4.69, 9.17) is 14.5 Å². The molecule has 13 heteroatoms. The maximum absolute atomic E-state index is 14.2. The summed E-state index contributed by atoms with van der Waals surface area (Å²) in [6.07, 6.45) is 8.38. The van der Waals surface area contributed by atoms with Crippen LogP contribution in [0.4, 0.5) is 5.69 Å². The molecule has 2 fully saturated rings. The molecule has 12 nitrogen and oxygen atoms in total. The Balaban J connectivity index is 1.14. The van der Waals surface area contributed by atoms with E-state index >= 15 is 0 Å². The average Bonchev–Trinajstić information content (AvgIpc) is 3.69. The average molecular weight is 752 g/mol. The Morgan fingerprint density at radius 2 is 1.76 bits per heavy atom. The van der Waals surface area contributed by atoms with Crippen LogP contribution < -0.4 is 24.8 Å². The lowest BCUT2D eigenvalue weighted by atomic mass is 10.1. The Labute approximate surface area is 315 Å². The van der Waals surface area contributed by atoms with Gasteiger partial charge in [-0.15, -0.1) is 0 Å². The summed E-state index contributed by atoms with van der Waals surface area (Å²) in [6, 6.07) is 22.6. The molecule has 3 aromatic carbocycles. The standard InChI is InChI=1S/C41H45N5O7S/c1-27(47)46-26-31(53-37-24-34(28-14-8-7-9-15-28)43-35-22-30(52-2)19-20-32(35)37)23-36(46)39(48)44-41-25-29(41)16-10-5-3-4-6-13-21-42-33-17-11-12-18-38(33)54(50,51)45-40(41)49/h7-12,14-20,22,24,29,31,36,42H,3-6,13,21,23,25-26H2,1-2H3,(H,44,48)(H,45,49)/b16-10-/t29-,31+,36-,41+/m0/s1. The fourth-order valence-electron chi connectivity index (χ4n) is 7.44. The zero-order valence-corrected chi connectivity index (χ0v) is 31.2. The highest BCUT2D eigenvalue weighted by Crippen LogP contribution is 2.46. The molecule has 1 aliphatic carbocycles. The zero-order chi connectivity index (χ0) is 37.9. The summed E-state index contributed by atoms with van der Waals surface area (Å²) in [7, 11) is -2.72. The van der Waals surface area contributed by atoms with Crippen LogP contribution in [-0.4, -0.2) is 73.9 Å². The lowest BCUT2D eigenvalue weighted by molar-refractivity contribution is -0.138. The molecule has 3 amide bonds. The van der Waals surface area contributed by atoms with E-state index in [0.29, 0.717) is 34.9 Å². The number of likely N-dealkylation sites (tertiary alicyclic amines) is 1. The van der Waals surface area contributed by atoms with E-state index in [9.17, 15) is 22.8 Å². The third kappa shape index (κ3) is 7.77. The van der Waals surface area contributed by atoms with Crippen LogP contribution in [0.15, 0.2) is 95.9 Å². The number of carbonyl (C=O) groups is 3. The lowest BCUT2D eigenvalue weighted by Crippen LogP contribution is -2.56. The summed E-state index contributed by atoms with van der Waals surface area (Å²) < 4.78 is 41.6. The summed E-state index contributed by atoms with van der Waals surface area (Å²) >= 11 is 0. The van der Waals surface area contributed by atoms with Crippen molar-refractivity contribution in [3.05, 3.63) is 91.0 Å². The molecule has 0 bridgehead atoms. The first kappa shape index (κ1) is 36.9. The first-order valence-corrected chi connectivity index (χ1v) is 19.9. The topological polar surface area (TPSA) is 156 Å². The third-order valence-corrected chi connectivity index (χ3v) is 11.9. The maximum Gasteiger partial charge on any atom is 0.266 e. The molecule has 1 saturated carbocycles. The first-order chi connectivity index (χ1) is 26.1. The number of carbonyl (C=O) groups excluding carboxylic acids is 3. The van der Waals surface area contributed by atoms with Gasteiger partial charge in [-0.3, -0.25) is 14.4 Å². The van der Waals surface area contributed by atoms with Gasteiger partial charge in [-0.1, -0.05) is 67.5 Å². The van der Waals surface area contributed by atoms with Crippen LogP contribution in [0.1, 0.15) is 51.9 Å². The summed E-state index contributed by atoms with van der Waals surface area (Å²) in [5, 5.41) is 6.86. The van der Waals surface area contributed by atoms with E-state index in [0.717, 1.165) is 43.1 Å². The number of nitrogens with zero attached hydrogens (tertiary/aromatic N) is 2. The van der Waals surface area contributed by atoms with Crippen LogP contribution in [0.3, 0.4) is 0 Å². The molecule has 2 aliphatic heterocycles. The van der Waals surface area contributed by atoms with Gasteiger partial charge in [0.25, 0.3) is 15.9 Å². The number of sulfonamides is 1. The van der Waals surface area contributed by atoms with Gasteiger partial charge in [-0.25, -0.2) is 18.1 Å². The summed E-state index contributed by atoms with van der Waals surface area (Å²) in [5.41, 5.74) is 1.14. The fourth-order valence-corrected chi connectivity index (χ4v) is 8.66. The smallest absolute Gasteiger partial charge is 0.266 e. The molecule has 1 aromatic heterocycles. The number of ether oxygens (including phenoxy) is 2. The van der Waals surface area contributed by atoms with Crippen molar-refractivity contribution in [2.75, 3.05) is 25.5 Å². The van der Waals surface area contributed by atoms with Crippen molar-refractivity contribution in [3.8, 4) is 22.8 Å². The molecule has 282 valence electrons. The lowest BCUT2D eigenvalue weighted by Gasteiger charge is -2.25. The molecule has 0 unspecified atom stereocenters. The van der Waals surface area contributed by atoms with Crippen LogP contribution >= 0.6 is 0 Å². The quantitative estimate of drug-likeness (QED) is 0.214. The zero-order valence-electron chi connectivity index (χ0n) is 30.4. The number of rotatable bonds is 6. The van der Waals surface area contributed by atoms with Crippen LogP contribution in [0.5, 0.6) is 11.5 Å². The molecule has 3 N–H and O–H groups in total. The predicted molar refractivity (Wildman–Crippen MR) is 205 cm³/mol. The van der Waals surface area contributed by atoms with Crippen LogP contribution in [0, 0.1) is 5.92 Å². The normalized spacial score (nSPS) is 24.6. The molecule has 4 aromatic rings. The Morgan fingerprint density at radius 1 is 0.981 bits per heavy atom. The van der Waals surface area contributed by atoms with Gasteiger partial charge in [0.2, 0.25) is 11.8 Å². The van der Waals surface area contributed by atoms with Gasteiger partial charge in [-0.05, 0) is 49.9 Å². The van der Waals surface area contributed by atoms with E-state index in [1.807, 2.05) is 66.7 Å². The number of fused-ring (bicyclic) bond motifs is 3. The minimum Gasteiger partial charge on any atom is -0.497 e. The van der Waals surface area contributed by atoms with Gasteiger partial charge in [0, 0.05) is 48.9 Å². The molecule has 54 heavy (non-hydrogen) atoms. The van der Waals surface area contributed by atoms with E-state index in [-0.39, 0.29) is 30.2 Å². The van der Waals surface area contributed by atoms with Crippen molar-refractivity contribution in [1.29, 1.82) is 0 Å². The van der Waals surface area contributed by atoms with Crippen molar-refractivity contribution in [2.45, 2.75) is 74.4 Å². The summed E-state index contributed by atoms with van der Waals surface area (Å²) in [5.74, 6) is -0.937. The van der Waals surface area contributed by atoms with Crippen molar-refractivity contribution < 1.29 is 32.3 Å². The number of amides is 3. The second-order valence-electron chi connectivity index (χ2n) is 14.2. The van der Waals surface area contributed by atoms with Gasteiger partial charge in [-0.2, -0.15) is 0 Å². The number of hydrogen-bond donors (Lipinski definition) is 3. The molecule has 7 rings (SSSR count). The Kier molecular flexibility index (Phi) is 10.6. The molecule has 1 saturated heterocycles. The van der Waals surface area contributed by atoms with Gasteiger partial charge in [0.15, 0.2) is 0 Å². The summed E-state index contributed by atoms with van der Waals surface area (Å²) in [4.78, 5) is 47.5. The van der Waals surface area contributed by atoms with Gasteiger partial charge < -0.3 is 25.0 Å². The van der Waals surface area contributed by atoms with Crippen LogP contribution in [0.2, 0.25) is 0 Å². The third-order valence-electron chi connectivity index (χ3n) is 10.5. The van der Waals surface area contributed by atoms with Crippen molar-refractivity contribution >= 4 is 44.3 Å². The molecule has 3 aliphatic rings. The fraction of sp³-hybridized carbons (Fsp3) is 0.366. The molecule has 0 spiro atoms. The Bertz CT molecular complexity index is 2190. The minimum absolute atomic E-state index is 0.0456. The highest BCUT2D eigenvalue weighted by Gasteiger charge is 2.61. The van der Waals surface area contributed by atoms with Gasteiger partial charge >= 0.3 is 0 Å². The number of para-hydroxylation sites is 1. The number of aromatic nitrogens is 1. The van der Waals surface area contributed by atoms with E-state index in [2.05, 4.69) is 15.4 Å². The molecule has 4 atom stereocenters. The number of methoxy groups -OCH3 is 1. The number of anilines is 1. The van der Waals surface area contributed by atoms with E-state index in [1.54, 1.807) is 25.3 Å². The van der Waals surface area contributed by atoms with Crippen molar-refractivity contribution in [1.82, 2.24) is 19.9 Å². The highest BCUT2D eigenvalue weighted by molar-refractivity contribution is 7.90. The number of nitrogens with one attached hydrogen (secondary N) is 3. The second-order valence-corrected chi connectivity index (χ2v) is 15.8. The highest BCUT2D eigenvalue weighted by atomic mass is 32.2. The summed E-state index contributed by atoms with van der Waals surface area (Å²) in [6.45, 7) is 2.12. The van der Waals surface area contributed by atoms with Gasteiger partial charge in [0.1, 0.15) is 34.1 Å². The number of allylic oxidation sites excluding steroid dienone is 1. The Hall–Kier alpha value is -5.43. The van der Waals surface area contributed by atoms with E-state index in [1.165, 1.54) is 17.9 Å². The molecule has 3 heterocycles. The number of pyridine rings is 1. The molecule has 0 radical (unpaired) electrons. The predicted octanol–water partition coefficient (Wildman–Crippen LogP) is 5.59. The number of hydrogen-bond acceptors (Lipinski definition) is 9. The maximum atomic E-state index is 14.2. The second kappa shape index (κ2) is 15.5. The van der Waals surface area contributed by atoms with Crippen LogP contribution in [0.25, 0.3) is 22.2 Å². The molecular weight excluding hydrogens is 707 g/mol. The SMILES string of the molecule is COc1ccc2c(O[C@@H]3C[C@@H](C(=O)N[C@]45C[C@@H]4/C=C\CCCCCCNc4ccccc4S(=O)(=O)NC5=O)N(C(C)=O)C3)cc(-c3ccccc3)nc2c1.